The van der Waals surface area contributed by atoms with Crippen molar-refractivity contribution in [3.63, 3.8) is 0 Å². The fourth-order valence-corrected chi connectivity index (χ4v) is 4.80. The van der Waals surface area contributed by atoms with Gasteiger partial charge in [-0.3, -0.25) is 4.79 Å². The average molecular weight is 404 g/mol. The average Bonchev–Trinajstić information content (AvgIpc) is 3.16. The lowest BCUT2D eigenvalue weighted by Gasteiger charge is -2.37. The minimum Gasteiger partial charge on any atom is -0.371 e. The molecule has 6 heteroatoms. The van der Waals surface area contributed by atoms with Crippen LogP contribution in [0, 0.1) is 5.92 Å². The lowest BCUT2D eigenvalue weighted by atomic mass is 9.95. The van der Waals surface area contributed by atoms with Crippen molar-refractivity contribution in [3.8, 4) is 11.4 Å². The van der Waals surface area contributed by atoms with E-state index in [4.69, 9.17) is 4.98 Å². The van der Waals surface area contributed by atoms with Crippen LogP contribution >= 0.6 is 0 Å². The standard InChI is InChI=1S/C24H29N5O/c1-27-22-10-3-2-9-21(22)26-23(27)18-6-4-8-20(16-18)29-13-5-7-19(17-29)24(30)28-14-11-25-12-15-28/h2-4,6,8-10,16,19,25H,5,7,11-15,17H2,1H3. The predicted octanol–water partition coefficient (Wildman–Crippen LogP) is 2.89. The fourth-order valence-electron chi connectivity index (χ4n) is 4.80. The molecule has 0 radical (unpaired) electrons. The highest BCUT2D eigenvalue weighted by Gasteiger charge is 2.30. The molecule has 3 heterocycles. The lowest BCUT2D eigenvalue weighted by Crippen LogP contribution is -2.51. The van der Waals surface area contributed by atoms with E-state index in [2.05, 4.69) is 58.2 Å². The van der Waals surface area contributed by atoms with Crippen molar-refractivity contribution >= 4 is 22.6 Å². The summed E-state index contributed by atoms with van der Waals surface area (Å²) in [7, 11) is 2.07. The summed E-state index contributed by atoms with van der Waals surface area (Å²) in [6.07, 6.45) is 2.04. The molecule has 1 aromatic heterocycles. The van der Waals surface area contributed by atoms with Crippen LogP contribution in [0.25, 0.3) is 22.4 Å². The Hall–Kier alpha value is -2.86. The van der Waals surface area contributed by atoms with Crippen LogP contribution in [0.4, 0.5) is 5.69 Å². The molecule has 2 fully saturated rings. The number of aryl methyl sites for hydroxylation is 1. The van der Waals surface area contributed by atoms with E-state index in [1.807, 2.05) is 17.0 Å². The van der Waals surface area contributed by atoms with E-state index in [1.54, 1.807) is 0 Å². The molecule has 0 aliphatic carbocycles. The van der Waals surface area contributed by atoms with Crippen molar-refractivity contribution in [2.75, 3.05) is 44.2 Å². The number of hydrogen-bond acceptors (Lipinski definition) is 4. The van der Waals surface area contributed by atoms with Gasteiger partial charge in [0.25, 0.3) is 0 Å². The molecule has 1 N–H and O–H groups in total. The minimum atomic E-state index is 0.0938. The molecule has 1 amide bonds. The maximum atomic E-state index is 13.0. The second-order valence-corrected chi connectivity index (χ2v) is 8.39. The van der Waals surface area contributed by atoms with Crippen molar-refractivity contribution in [2.24, 2.45) is 13.0 Å². The zero-order valence-corrected chi connectivity index (χ0v) is 17.6. The van der Waals surface area contributed by atoms with E-state index in [1.165, 1.54) is 5.69 Å². The van der Waals surface area contributed by atoms with Crippen LogP contribution in [-0.4, -0.2) is 59.6 Å². The van der Waals surface area contributed by atoms with E-state index in [9.17, 15) is 4.79 Å². The molecule has 1 atom stereocenters. The van der Waals surface area contributed by atoms with Crippen molar-refractivity contribution in [2.45, 2.75) is 12.8 Å². The zero-order valence-electron chi connectivity index (χ0n) is 17.6. The van der Waals surface area contributed by atoms with Gasteiger partial charge in [-0.25, -0.2) is 4.98 Å². The van der Waals surface area contributed by atoms with Gasteiger partial charge in [0.1, 0.15) is 5.82 Å². The van der Waals surface area contributed by atoms with Crippen LogP contribution in [0.3, 0.4) is 0 Å². The van der Waals surface area contributed by atoms with Crippen LogP contribution < -0.4 is 10.2 Å². The van der Waals surface area contributed by atoms with Crippen LogP contribution in [-0.2, 0) is 11.8 Å². The molecule has 3 aromatic rings. The number of carbonyl (C=O) groups excluding carboxylic acids is 1. The third-order valence-corrected chi connectivity index (χ3v) is 6.46. The molecular formula is C24H29N5O. The number of aromatic nitrogens is 2. The van der Waals surface area contributed by atoms with E-state index >= 15 is 0 Å². The summed E-state index contributed by atoms with van der Waals surface area (Å²) in [6, 6.07) is 16.8. The molecular weight excluding hydrogens is 374 g/mol. The number of para-hydroxylation sites is 2. The smallest absolute Gasteiger partial charge is 0.227 e. The van der Waals surface area contributed by atoms with Gasteiger partial charge in [-0.2, -0.15) is 0 Å². The maximum Gasteiger partial charge on any atom is 0.227 e. The maximum absolute atomic E-state index is 13.0. The number of rotatable bonds is 3. The van der Waals surface area contributed by atoms with Crippen molar-refractivity contribution in [1.82, 2.24) is 19.8 Å². The molecule has 1 unspecified atom stereocenters. The highest BCUT2D eigenvalue weighted by Crippen LogP contribution is 2.30. The summed E-state index contributed by atoms with van der Waals surface area (Å²) in [5.41, 5.74) is 4.44. The van der Waals surface area contributed by atoms with Crippen LogP contribution in [0.2, 0.25) is 0 Å². The van der Waals surface area contributed by atoms with E-state index < -0.39 is 0 Å². The second-order valence-electron chi connectivity index (χ2n) is 8.39. The van der Waals surface area contributed by atoms with Crippen LogP contribution in [0.15, 0.2) is 48.5 Å². The molecule has 5 rings (SSSR count). The normalized spacial score (nSPS) is 20.0. The molecule has 2 saturated heterocycles. The number of fused-ring (bicyclic) bond motifs is 1. The number of nitrogens with one attached hydrogen (secondary N) is 1. The second kappa shape index (κ2) is 8.11. The van der Waals surface area contributed by atoms with Gasteiger partial charge in [-0.1, -0.05) is 24.3 Å². The van der Waals surface area contributed by atoms with Gasteiger partial charge < -0.3 is 19.7 Å². The predicted molar refractivity (Wildman–Crippen MR) is 121 cm³/mol. The minimum absolute atomic E-state index is 0.0938. The molecule has 2 aliphatic rings. The number of amides is 1. The Morgan fingerprint density at radius 3 is 2.73 bits per heavy atom. The molecule has 0 saturated carbocycles. The van der Waals surface area contributed by atoms with E-state index in [0.717, 1.165) is 74.5 Å². The number of anilines is 1. The number of imidazole rings is 1. The Bertz CT molecular complexity index is 1050. The Kier molecular flexibility index (Phi) is 5.17. The fraction of sp³-hybridized carbons (Fsp3) is 0.417. The lowest BCUT2D eigenvalue weighted by molar-refractivity contribution is -0.136. The van der Waals surface area contributed by atoms with Crippen molar-refractivity contribution < 1.29 is 4.79 Å². The van der Waals surface area contributed by atoms with Gasteiger partial charge >= 0.3 is 0 Å². The number of nitrogens with zero attached hydrogens (tertiary/aromatic N) is 4. The van der Waals surface area contributed by atoms with Crippen LogP contribution in [0.1, 0.15) is 12.8 Å². The summed E-state index contributed by atoms with van der Waals surface area (Å²) in [5.74, 6) is 1.40. The van der Waals surface area contributed by atoms with E-state index in [-0.39, 0.29) is 5.92 Å². The number of benzene rings is 2. The SMILES string of the molecule is Cn1c(-c2cccc(N3CCCC(C(=O)N4CCNCC4)C3)c2)nc2ccccc21. The molecule has 156 valence electrons. The first kappa shape index (κ1) is 19.1. The first-order chi connectivity index (χ1) is 14.7. The third-order valence-electron chi connectivity index (χ3n) is 6.46. The Morgan fingerprint density at radius 1 is 1.07 bits per heavy atom. The van der Waals surface area contributed by atoms with Gasteiger partial charge in [0.2, 0.25) is 5.91 Å². The van der Waals surface area contributed by atoms with Gasteiger partial charge in [-0.05, 0) is 37.1 Å². The molecule has 0 spiro atoms. The highest BCUT2D eigenvalue weighted by atomic mass is 16.2. The van der Waals surface area contributed by atoms with Crippen molar-refractivity contribution in [3.05, 3.63) is 48.5 Å². The number of carbonyl (C=O) groups is 1. The van der Waals surface area contributed by atoms with Gasteiger partial charge in [0.15, 0.2) is 0 Å². The number of piperazine rings is 1. The van der Waals surface area contributed by atoms with Crippen molar-refractivity contribution in [1.29, 1.82) is 0 Å². The van der Waals surface area contributed by atoms with Gasteiger partial charge in [-0.15, -0.1) is 0 Å². The summed E-state index contributed by atoms with van der Waals surface area (Å²) in [5, 5.41) is 3.33. The first-order valence-electron chi connectivity index (χ1n) is 11.0. The first-order valence-corrected chi connectivity index (χ1v) is 11.0. The van der Waals surface area contributed by atoms with Crippen LogP contribution in [0.5, 0.6) is 0 Å². The number of hydrogen-bond donors (Lipinski definition) is 1. The monoisotopic (exact) mass is 403 g/mol. The number of piperidine rings is 1. The van der Waals surface area contributed by atoms with Gasteiger partial charge in [0.05, 0.1) is 17.0 Å². The molecule has 6 nitrogen and oxygen atoms in total. The Balaban J connectivity index is 1.38. The molecule has 30 heavy (non-hydrogen) atoms. The highest BCUT2D eigenvalue weighted by molar-refractivity contribution is 5.82. The third kappa shape index (κ3) is 3.56. The Labute approximate surface area is 177 Å². The molecule has 2 aliphatic heterocycles. The summed E-state index contributed by atoms with van der Waals surface area (Å²) >= 11 is 0. The largest absolute Gasteiger partial charge is 0.371 e. The quantitative estimate of drug-likeness (QED) is 0.731. The summed E-state index contributed by atoms with van der Waals surface area (Å²) in [6.45, 7) is 5.27. The topological polar surface area (TPSA) is 53.4 Å². The summed E-state index contributed by atoms with van der Waals surface area (Å²) in [4.78, 5) is 22.3. The summed E-state index contributed by atoms with van der Waals surface area (Å²) < 4.78 is 2.15. The molecule has 2 aromatic carbocycles. The van der Waals surface area contributed by atoms with Gasteiger partial charge in [0, 0.05) is 57.6 Å². The molecule has 0 bridgehead atoms. The zero-order chi connectivity index (χ0) is 20.5. The Morgan fingerprint density at radius 2 is 1.90 bits per heavy atom. The van der Waals surface area contributed by atoms with E-state index in [0.29, 0.717) is 5.91 Å².